The van der Waals surface area contributed by atoms with Crippen LogP contribution < -0.4 is 10.9 Å². The van der Waals surface area contributed by atoms with E-state index in [9.17, 15) is 9.59 Å². The molecule has 9 nitrogen and oxygen atoms in total. The Bertz CT molecular complexity index is 670. The van der Waals surface area contributed by atoms with Crippen LogP contribution in [0.25, 0.3) is 0 Å². The third kappa shape index (κ3) is 3.78. The molecule has 0 aliphatic rings. The highest BCUT2D eigenvalue weighted by Crippen LogP contribution is 2.14. The Morgan fingerprint density at radius 1 is 1.57 bits per heavy atom. The lowest BCUT2D eigenvalue weighted by molar-refractivity contribution is -0.141. The van der Waals surface area contributed by atoms with Gasteiger partial charge in [0.2, 0.25) is 6.39 Å². The highest BCUT2D eigenvalue weighted by atomic mass is 35.5. The molecule has 21 heavy (non-hydrogen) atoms. The van der Waals surface area contributed by atoms with Crippen LogP contribution in [0.2, 0.25) is 5.02 Å². The number of carbonyl (C=O) groups excluding carboxylic acids is 1. The molecule has 2 aromatic rings. The number of anilines is 1. The second-order valence-corrected chi connectivity index (χ2v) is 4.31. The minimum absolute atomic E-state index is 0.0537. The maximum Gasteiger partial charge on any atom is 0.327 e. The number of hydrogen-bond donors (Lipinski definition) is 1. The number of nitrogens with one attached hydrogen (secondary N) is 1. The summed E-state index contributed by atoms with van der Waals surface area (Å²) in [5.74, 6) is -0.0518. The summed E-state index contributed by atoms with van der Waals surface area (Å²) in [6, 6.07) is 0. The van der Waals surface area contributed by atoms with Crippen molar-refractivity contribution >= 4 is 23.3 Å². The van der Waals surface area contributed by atoms with Gasteiger partial charge in [0, 0.05) is 13.0 Å². The first-order valence-electron chi connectivity index (χ1n) is 5.93. The Morgan fingerprint density at radius 3 is 3.05 bits per heavy atom. The summed E-state index contributed by atoms with van der Waals surface area (Å²) in [5.41, 5.74) is -0.210. The normalized spacial score (nSPS) is 10.4. The molecule has 0 aliphatic carbocycles. The van der Waals surface area contributed by atoms with Gasteiger partial charge in [0.05, 0.1) is 19.0 Å². The summed E-state index contributed by atoms with van der Waals surface area (Å²) in [5, 5.41) is 10.4. The molecule has 0 saturated carbocycles. The molecule has 0 radical (unpaired) electrons. The molecule has 2 rings (SSSR count). The van der Waals surface area contributed by atoms with Crippen LogP contribution in [0.15, 0.2) is 21.9 Å². The van der Waals surface area contributed by atoms with Gasteiger partial charge in [-0.05, 0) is 0 Å². The lowest BCUT2D eigenvalue weighted by Crippen LogP contribution is -2.28. The van der Waals surface area contributed by atoms with Crippen molar-refractivity contribution in [1.29, 1.82) is 0 Å². The van der Waals surface area contributed by atoms with E-state index >= 15 is 0 Å². The molecule has 2 heterocycles. The highest BCUT2D eigenvalue weighted by molar-refractivity contribution is 6.32. The maximum absolute atomic E-state index is 11.9. The third-order valence-electron chi connectivity index (χ3n) is 2.56. The van der Waals surface area contributed by atoms with Crippen molar-refractivity contribution in [3.05, 3.63) is 33.8 Å². The molecule has 0 saturated heterocycles. The minimum Gasteiger partial charge on any atom is -0.468 e. The zero-order valence-corrected chi connectivity index (χ0v) is 11.8. The third-order valence-corrected chi connectivity index (χ3v) is 2.93. The molecule has 0 bridgehead atoms. The van der Waals surface area contributed by atoms with E-state index in [0.717, 1.165) is 4.68 Å². The molecule has 2 aromatic heterocycles. The first kappa shape index (κ1) is 15.0. The second kappa shape index (κ2) is 6.84. The van der Waals surface area contributed by atoms with Crippen LogP contribution in [0.4, 0.5) is 5.69 Å². The average molecular weight is 314 g/mol. The number of halogens is 1. The molecule has 112 valence electrons. The van der Waals surface area contributed by atoms with Crippen molar-refractivity contribution in [2.75, 3.05) is 19.0 Å². The quantitative estimate of drug-likeness (QED) is 0.748. The molecule has 0 fully saturated rings. The van der Waals surface area contributed by atoms with Gasteiger partial charge in [0.15, 0.2) is 5.82 Å². The monoisotopic (exact) mass is 313 g/mol. The molecule has 10 heteroatoms. The zero-order valence-electron chi connectivity index (χ0n) is 11.1. The summed E-state index contributed by atoms with van der Waals surface area (Å²) in [7, 11) is 1.23. The fourth-order valence-electron chi connectivity index (χ4n) is 1.50. The Morgan fingerprint density at radius 2 is 2.38 bits per heavy atom. The summed E-state index contributed by atoms with van der Waals surface area (Å²) in [4.78, 5) is 26.9. The van der Waals surface area contributed by atoms with Crippen LogP contribution in [-0.4, -0.2) is 39.5 Å². The Hall–Kier alpha value is -2.42. The molecule has 0 aliphatic heterocycles. The van der Waals surface area contributed by atoms with Crippen LogP contribution >= 0.6 is 11.6 Å². The number of hydrogen-bond acceptors (Lipinski definition) is 8. The van der Waals surface area contributed by atoms with Crippen LogP contribution in [0.5, 0.6) is 0 Å². The molecular weight excluding hydrogens is 302 g/mol. The fraction of sp³-hybridized carbons (Fsp3) is 0.364. The summed E-state index contributed by atoms with van der Waals surface area (Å²) < 4.78 is 9.99. The number of carbonyl (C=O) groups is 1. The SMILES string of the molecule is COC(=O)Cn1ncc(NCCc2ncon2)c(Cl)c1=O. The fourth-order valence-corrected chi connectivity index (χ4v) is 1.71. The Labute approximate surface area is 123 Å². The number of esters is 1. The van der Waals surface area contributed by atoms with Gasteiger partial charge in [-0.15, -0.1) is 0 Å². The van der Waals surface area contributed by atoms with Crippen molar-refractivity contribution in [2.45, 2.75) is 13.0 Å². The van der Waals surface area contributed by atoms with Gasteiger partial charge >= 0.3 is 5.97 Å². The smallest absolute Gasteiger partial charge is 0.327 e. The molecule has 0 aromatic carbocycles. The lowest BCUT2D eigenvalue weighted by atomic mass is 10.3. The van der Waals surface area contributed by atoms with E-state index in [-0.39, 0.29) is 11.6 Å². The van der Waals surface area contributed by atoms with E-state index in [1.807, 2.05) is 0 Å². The summed E-state index contributed by atoms with van der Waals surface area (Å²) in [6.07, 6.45) is 3.10. The lowest BCUT2D eigenvalue weighted by Gasteiger charge is -2.08. The topological polar surface area (TPSA) is 112 Å². The van der Waals surface area contributed by atoms with E-state index in [1.54, 1.807) is 0 Å². The predicted octanol–water partition coefficient (Wildman–Crippen LogP) is 0.107. The Kier molecular flexibility index (Phi) is 4.88. The molecule has 0 spiro atoms. The van der Waals surface area contributed by atoms with E-state index < -0.39 is 11.5 Å². The van der Waals surface area contributed by atoms with E-state index in [2.05, 4.69) is 29.8 Å². The Balaban J connectivity index is 2.02. The van der Waals surface area contributed by atoms with Gasteiger partial charge in [-0.25, -0.2) is 4.68 Å². The van der Waals surface area contributed by atoms with Crippen LogP contribution in [0.3, 0.4) is 0 Å². The van der Waals surface area contributed by atoms with Crippen LogP contribution in [0, 0.1) is 0 Å². The summed E-state index contributed by atoms with van der Waals surface area (Å²) >= 11 is 5.95. The van der Waals surface area contributed by atoms with Crippen LogP contribution in [0.1, 0.15) is 5.82 Å². The number of methoxy groups -OCH3 is 1. The van der Waals surface area contributed by atoms with Gasteiger partial charge in [0.1, 0.15) is 11.6 Å². The highest BCUT2D eigenvalue weighted by Gasteiger charge is 2.12. The first-order chi connectivity index (χ1) is 10.1. The number of aromatic nitrogens is 4. The zero-order chi connectivity index (χ0) is 15.2. The average Bonchev–Trinajstić information content (AvgIpc) is 2.99. The minimum atomic E-state index is -0.585. The van der Waals surface area contributed by atoms with Gasteiger partial charge in [-0.3, -0.25) is 9.59 Å². The second-order valence-electron chi connectivity index (χ2n) is 3.94. The van der Waals surface area contributed by atoms with E-state index in [1.165, 1.54) is 19.7 Å². The van der Waals surface area contributed by atoms with Gasteiger partial charge in [0.25, 0.3) is 5.56 Å². The van der Waals surface area contributed by atoms with Crippen molar-refractivity contribution < 1.29 is 14.1 Å². The van der Waals surface area contributed by atoms with Gasteiger partial charge < -0.3 is 14.6 Å². The van der Waals surface area contributed by atoms with Crippen LogP contribution in [-0.2, 0) is 22.5 Å². The largest absolute Gasteiger partial charge is 0.468 e. The molecular formula is C11H12ClN5O4. The van der Waals surface area contributed by atoms with E-state index in [4.69, 9.17) is 11.6 Å². The van der Waals surface area contributed by atoms with Crippen molar-refractivity contribution in [3.63, 3.8) is 0 Å². The van der Waals surface area contributed by atoms with Crippen molar-refractivity contribution in [2.24, 2.45) is 0 Å². The number of rotatable bonds is 6. The number of nitrogens with zero attached hydrogens (tertiary/aromatic N) is 4. The van der Waals surface area contributed by atoms with Crippen molar-refractivity contribution in [3.8, 4) is 0 Å². The molecule has 0 amide bonds. The van der Waals surface area contributed by atoms with Crippen molar-refractivity contribution in [1.82, 2.24) is 19.9 Å². The number of ether oxygens (including phenoxy) is 1. The predicted molar refractivity (Wildman–Crippen MR) is 72.0 cm³/mol. The summed E-state index contributed by atoms with van der Waals surface area (Å²) in [6.45, 7) is 0.152. The standard InChI is InChI=1S/C11H12ClN5O4/c1-20-9(18)5-17-11(19)10(12)7(4-15-17)13-3-2-8-14-6-21-16-8/h4,6,13H,2-3,5H2,1H3. The molecule has 1 N–H and O–H groups in total. The molecule has 0 unspecified atom stereocenters. The first-order valence-corrected chi connectivity index (χ1v) is 6.31. The van der Waals surface area contributed by atoms with E-state index in [0.29, 0.717) is 24.5 Å². The molecule has 0 atom stereocenters. The van der Waals surface area contributed by atoms with Gasteiger partial charge in [-0.1, -0.05) is 16.8 Å². The van der Waals surface area contributed by atoms with Gasteiger partial charge in [-0.2, -0.15) is 10.1 Å². The maximum atomic E-state index is 11.9.